The van der Waals surface area contributed by atoms with Gasteiger partial charge in [-0.05, 0) is 48.0 Å². The molecule has 2 N–H and O–H groups in total. The number of nitrogens with zero attached hydrogens (tertiary/aromatic N) is 2. The highest BCUT2D eigenvalue weighted by molar-refractivity contribution is 6.31. The monoisotopic (exact) mass is 398 g/mol. The zero-order valence-electron chi connectivity index (χ0n) is 15.4. The number of hydrogen-bond donors (Lipinski definition) is 2. The van der Waals surface area contributed by atoms with Crippen molar-refractivity contribution in [2.45, 2.75) is 6.54 Å². The van der Waals surface area contributed by atoms with E-state index < -0.39 is 0 Å². The second kappa shape index (κ2) is 9.05. The van der Waals surface area contributed by atoms with Gasteiger partial charge < -0.3 is 20.1 Å². The molecule has 0 aliphatic heterocycles. The number of ether oxygens (including phenoxy) is 2. The summed E-state index contributed by atoms with van der Waals surface area (Å²) in [6.45, 7) is 0.379. The fourth-order valence-corrected chi connectivity index (χ4v) is 2.62. The summed E-state index contributed by atoms with van der Waals surface area (Å²) < 4.78 is 10.4. The zero-order chi connectivity index (χ0) is 19.9. The molecule has 1 aromatic heterocycles. The number of aromatic nitrogens is 2. The van der Waals surface area contributed by atoms with E-state index in [-0.39, 0.29) is 11.6 Å². The van der Waals surface area contributed by atoms with Crippen LogP contribution in [0.15, 0.2) is 54.6 Å². The van der Waals surface area contributed by atoms with Crippen LogP contribution in [0.3, 0.4) is 0 Å². The van der Waals surface area contributed by atoms with Crippen molar-refractivity contribution in [1.82, 2.24) is 15.5 Å². The molecule has 0 unspecified atom stereocenters. The Morgan fingerprint density at radius 2 is 1.79 bits per heavy atom. The van der Waals surface area contributed by atoms with E-state index in [0.717, 1.165) is 11.3 Å². The molecule has 0 saturated heterocycles. The number of carbonyl (C=O) groups is 1. The average molecular weight is 399 g/mol. The van der Waals surface area contributed by atoms with E-state index in [1.165, 1.54) is 0 Å². The molecule has 0 fully saturated rings. The average Bonchev–Trinajstić information content (AvgIpc) is 2.73. The van der Waals surface area contributed by atoms with Crippen LogP contribution in [-0.2, 0) is 6.54 Å². The summed E-state index contributed by atoms with van der Waals surface area (Å²) in [6.07, 6.45) is 0. The Balaban J connectivity index is 1.61. The van der Waals surface area contributed by atoms with Gasteiger partial charge in [-0.2, -0.15) is 0 Å². The molecule has 0 saturated carbocycles. The molecule has 0 aliphatic carbocycles. The van der Waals surface area contributed by atoms with Crippen molar-refractivity contribution in [2.75, 3.05) is 19.5 Å². The highest BCUT2D eigenvalue weighted by atomic mass is 35.5. The number of amides is 1. The number of rotatable bonds is 7. The maximum absolute atomic E-state index is 12.3. The van der Waals surface area contributed by atoms with Gasteiger partial charge in [0.15, 0.2) is 11.5 Å². The van der Waals surface area contributed by atoms with Gasteiger partial charge in [0.1, 0.15) is 11.5 Å². The minimum atomic E-state index is -0.310. The summed E-state index contributed by atoms with van der Waals surface area (Å²) in [5, 5.41) is 14.5. The molecule has 2 aromatic carbocycles. The first-order chi connectivity index (χ1) is 13.6. The van der Waals surface area contributed by atoms with E-state index in [0.29, 0.717) is 28.8 Å². The zero-order valence-corrected chi connectivity index (χ0v) is 16.2. The van der Waals surface area contributed by atoms with Gasteiger partial charge in [0.05, 0.1) is 19.9 Å². The summed E-state index contributed by atoms with van der Waals surface area (Å²) in [6, 6.07) is 15.9. The Labute approximate surface area is 167 Å². The SMILES string of the molecule is COc1ccc(CNC(=O)c2ccc(Nc3cc(Cl)ccc3OC)nn2)cc1. The minimum absolute atomic E-state index is 0.220. The Hall–Kier alpha value is -3.32. The van der Waals surface area contributed by atoms with Gasteiger partial charge in [-0.25, -0.2) is 0 Å². The lowest BCUT2D eigenvalue weighted by Crippen LogP contribution is -2.24. The topological polar surface area (TPSA) is 85.4 Å². The predicted octanol–water partition coefficient (Wildman–Crippen LogP) is 3.82. The molecule has 0 atom stereocenters. The number of benzene rings is 2. The highest BCUT2D eigenvalue weighted by Crippen LogP contribution is 2.29. The fourth-order valence-electron chi connectivity index (χ4n) is 2.45. The molecule has 28 heavy (non-hydrogen) atoms. The molecule has 3 aromatic rings. The van der Waals surface area contributed by atoms with Crippen LogP contribution in [0, 0.1) is 0 Å². The minimum Gasteiger partial charge on any atom is -0.497 e. The van der Waals surface area contributed by atoms with Crippen molar-refractivity contribution >= 4 is 29.0 Å². The van der Waals surface area contributed by atoms with E-state index in [4.69, 9.17) is 21.1 Å². The first kappa shape index (κ1) is 19.4. The Morgan fingerprint density at radius 1 is 1.00 bits per heavy atom. The lowest BCUT2D eigenvalue weighted by Gasteiger charge is -2.11. The maximum Gasteiger partial charge on any atom is 0.272 e. The fraction of sp³-hybridized carbons (Fsp3) is 0.150. The largest absolute Gasteiger partial charge is 0.497 e. The third-order valence-electron chi connectivity index (χ3n) is 3.93. The molecular formula is C20H19ClN4O3. The van der Waals surface area contributed by atoms with Gasteiger partial charge in [-0.3, -0.25) is 4.79 Å². The van der Waals surface area contributed by atoms with E-state index in [1.807, 2.05) is 24.3 Å². The van der Waals surface area contributed by atoms with Crippen molar-refractivity contribution in [2.24, 2.45) is 0 Å². The van der Waals surface area contributed by atoms with Gasteiger partial charge in [-0.15, -0.1) is 10.2 Å². The molecule has 8 heteroatoms. The van der Waals surface area contributed by atoms with Gasteiger partial charge in [0.2, 0.25) is 0 Å². The van der Waals surface area contributed by atoms with Crippen molar-refractivity contribution in [3.63, 3.8) is 0 Å². The highest BCUT2D eigenvalue weighted by Gasteiger charge is 2.10. The van der Waals surface area contributed by atoms with Crippen LogP contribution in [0.4, 0.5) is 11.5 Å². The number of halogens is 1. The van der Waals surface area contributed by atoms with Gasteiger partial charge in [0, 0.05) is 11.6 Å². The Kier molecular flexibility index (Phi) is 6.29. The van der Waals surface area contributed by atoms with Gasteiger partial charge in [0.25, 0.3) is 5.91 Å². The quantitative estimate of drug-likeness (QED) is 0.629. The van der Waals surface area contributed by atoms with Crippen LogP contribution in [-0.4, -0.2) is 30.3 Å². The molecule has 144 valence electrons. The summed E-state index contributed by atoms with van der Waals surface area (Å²) in [5.74, 6) is 1.54. The number of methoxy groups -OCH3 is 2. The Morgan fingerprint density at radius 3 is 2.43 bits per heavy atom. The van der Waals surface area contributed by atoms with Gasteiger partial charge in [-0.1, -0.05) is 23.7 Å². The van der Waals surface area contributed by atoms with E-state index in [2.05, 4.69) is 20.8 Å². The van der Waals surface area contributed by atoms with Crippen LogP contribution in [0.2, 0.25) is 5.02 Å². The smallest absolute Gasteiger partial charge is 0.272 e. The molecule has 1 amide bonds. The van der Waals surface area contributed by atoms with Crippen LogP contribution >= 0.6 is 11.6 Å². The first-order valence-electron chi connectivity index (χ1n) is 8.44. The normalized spacial score (nSPS) is 10.2. The van der Waals surface area contributed by atoms with E-state index in [9.17, 15) is 4.79 Å². The van der Waals surface area contributed by atoms with Crippen LogP contribution < -0.4 is 20.1 Å². The second-order valence-electron chi connectivity index (χ2n) is 5.80. The summed E-state index contributed by atoms with van der Waals surface area (Å²) >= 11 is 6.02. The molecule has 0 spiro atoms. The molecule has 1 heterocycles. The third-order valence-corrected chi connectivity index (χ3v) is 4.17. The lowest BCUT2D eigenvalue weighted by molar-refractivity contribution is 0.0945. The first-order valence-corrected chi connectivity index (χ1v) is 8.82. The number of carbonyl (C=O) groups excluding carboxylic acids is 1. The van der Waals surface area contributed by atoms with E-state index >= 15 is 0 Å². The van der Waals surface area contributed by atoms with Crippen LogP contribution in [0.25, 0.3) is 0 Å². The van der Waals surface area contributed by atoms with Crippen LogP contribution in [0.1, 0.15) is 16.1 Å². The maximum atomic E-state index is 12.3. The van der Waals surface area contributed by atoms with E-state index in [1.54, 1.807) is 44.6 Å². The van der Waals surface area contributed by atoms with Crippen molar-refractivity contribution in [1.29, 1.82) is 0 Å². The molecule has 0 aliphatic rings. The molecule has 0 radical (unpaired) electrons. The Bertz CT molecular complexity index is 947. The standard InChI is InChI=1S/C20H19ClN4O3/c1-27-15-6-3-13(4-7-15)12-22-20(26)16-8-10-19(25-24-16)23-17-11-14(21)5-9-18(17)28-2/h3-11H,12H2,1-2H3,(H,22,26)(H,23,25). The summed E-state index contributed by atoms with van der Waals surface area (Å²) in [7, 11) is 3.17. The van der Waals surface area contributed by atoms with Crippen molar-refractivity contribution in [3.8, 4) is 11.5 Å². The predicted molar refractivity (Wildman–Crippen MR) is 107 cm³/mol. The number of nitrogens with one attached hydrogen (secondary N) is 2. The van der Waals surface area contributed by atoms with Crippen molar-refractivity contribution < 1.29 is 14.3 Å². The molecule has 3 rings (SSSR count). The lowest BCUT2D eigenvalue weighted by atomic mass is 10.2. The summed E-state index contributed by atoms with van der Waals surface area (Å²) in [5.41, 5.74) is 1.83. The third kappa shape index (κ3) is 4.89. The van der Waals surface area contributed by atoms with Gasteiger partial charge >= 0.3 is 0 Å². The summed E-state index contributed by atoms with van der Waals surface area (Å²) in [4.78, 5) is 12.3. The number of hydrogen-bond acceptors (Lipinski definition) is 6. The second-order valence-corrected chi connectivity index (χ2v) is 6.24. The van der Waals surface area contributed by atoms with Crippen molar-refractivity contribution in [3.05, 3.63) is 70.9 Å². The number of anilines is 2. The molecule has 0 bridgehead atoms. The van der Waals surface area contributed by atoms with Crippen LogP contribution in [0.5, 0.6) is 11.5 Å². The molecular weight excluding hydrogens is 380 g/mol. The molecule has 7 nitrogen and oxygen atoms in total.